The van der Waals surface area contributed by atoms with Crippen molar-refractivity contribution in [3.63, 3.8) is 0 Å². The van der Waals surface area contributed by atoms with E-state index < -0.39 is 74.0 Å². The van der Waals surface area contributed by atoms with Gasteiger partial charge in [0.1, 0.15) is 10.3 Å². The number of carbonyl (C=O) groups is 2. The van der Waals surface area contributed by atoms with Gasteiger partial charge in [-0.2, -0.15) is 26.3 Å². The highest BCUT2D eigenvalue weighted by atomic mass is 35.5. The quantitative estimate of drug-likeness (QED) is 0.409. The maximum Gasteiger partial charge on any atom is 0.435 e. The average Bonchev–Trinajstić information content (AvgIpc) is 3.47. The van der Waals surface area contributed by atoms with Crippen LogP contribution in [0.1, 0.15) is 48.8 Å². The number of fused-ring (bicyclic) bond motifs is 3. The Morgan fingerprint density at radius 2 is 1.48 bits per heavy atom. The third-order valence-electron chi connectivity index (χ3n) is 9.22. The first-order chi connectivity index (χ1) is 20.2. The van der Waals surface area contributed by atoms with Crippen molar-refractivity contribution in [3.05, 3.63) is 64.2 Å². The van der Waals surface area contributed by atoms with E-state index in [1.807, 2.05) is 0 Å². The van der Waals surface area contributed by atoms with Crippen molar-refractivity contribution in [2.75, 3.05) is 6.54 Å². The number of hydrogen-bond donors (Lipinski definition) is 2. The minimum Gasteiger partial charge on any atom is -0.481 e. The lowest BCUT2D eigenvalue weighted by Gasteiger charge is -2.39. The highest BCUT2D eigenvalue weighted by molar-refractivity contribution is 7.92. The lowest BCUT2D eigenvalue weighted by molar-refractivity contribution is -0.348. The molecule has 0 bridgehead atoms. The monoisotopic (exact) mass is 671 g/mol. The Morgan fingerprint density at radius 1 is 0.909 bits per heavy atom. The summed E-state index contributed by atoms with van der Waals surface area (Å²) >= 11 is 5.91. The molecule has 2 atom stereocenters. The maximum absolute atomic E-state index is 15.0. The number of halogens is 8. The van der Waals surface area contributed by atoms with Crippen molar-refractivity contribution in [1.82, 2.24) is 4.90 Å². The van der Waals surface area contributed by atoms with Gasteiger partial charge in [0.2, 0.25) is 0 Å². The Hall–Kier alpha value is -2.91. The maximum atomic E-state index is 15.0. The van der Waals surface area contributed by atoms with E-state index in [1.165, 1.54) is 24.3 Å². The van der Waals surface area contributed by atoms with Gasteiger partial charge in [0.25, 0.3) is 5.91 Å². The van der Waals surface area contributed by atoms with Crippen LogP contribution in [0.4, 0.5) is 30.7 Å². The van der Waals surface area contributed by atoms with Crippen molar-refractivity contribution < 1.29 is 59.0 Å². The number of carboxylic acid groups (broad SMARTS) is 1. The van der Waals surface area contributed by atoms with Crippen LogP contribution in [0.5, 0.6) is 0 Å². The second kappa shape index (κ2) is 10.3. The number of alkyl halides is 7. The van der Waals surface area contributed by atoms with Gasteiger partial charge in [-0.25, -0.2) is 12.8 Å². The number of nitrogens with zero attached hydrogens (tertiary/aromatic N) is 1. The molecular weight excluding hydrogens is 647 g/mol. The Bertz CT molecular complexity index is 1590. The van der Waals surface area contributed by atoms with E-state index in [4.69, 9.17) is 11.6 Å². The number of benzene rings is 2. The van der Waals surface area contributed by atoms with Crippen molar-refractivity contribution in [2.24, 2.45) is 5.92 Å². The van der Waals surface area contributed by atoms with Gasteiger partial charge in [0.05, 0.1) is 16.9 Å². The molecule has 16 heteroatoms. The second-order valence-corrected chi connectivity index (χ2v) is 14.1. The zero-order valence-corrected chi connectivity index (χ0v) is 24.1. The topological polar surface area (TPSA) is 112 Å². The van der Waals surface area contributed by atoms with Crippen LogP contribution in [0.25, 0.3) is 0 Å². The molecule has 240 valence electrons. The molecule has 1 saturated heterocycles. The fourth-order valence-corrected chi connectivity index (χ4v) is 9.34. The first kappa shape index (κ1) is 32.5. The predicted octanol–water partition coefficient (Wildman–Crippen LogP) is 5.46. The SMILES string of the molecule is O=C(O)C1CCC(O)(C(=O)N2CCC3(S(=O)(=O)c4ccc(Cl)cc4)c4ccc(C(F)(C(F)(F)F)C(F)(F)F)cc4CC23)CC1. The van der Waals surface area contributed by atoms with E-state index in [1.54, 1.807) is 0 Å². The number of likely N-dealkylation sites (tertiary alicyclic amines) is 1. The predicted molar refractivity (Wildman–Crippen MR) is 140 cm³/mol. The summed E-state index contributed by atoms with van der Waals surface area (Å²) in [4.78, 5) is 25.9. The lowest BCUT2D eigenvalue weighted by Crippen LogP contribution is -2.55. The van der Waals surface area contributed by atoms with Crippen LogP contribution in [-0.4, -0.2) is 65.9 Å². The zero-order chi connectivity index (χ0) is 32.7. The van der Waals surface area contributed by atoms with Crippen LogP contribution in [0.3, 0.4) is 0 Å². The van der Waals surface area contributed by atoms with Crippen LogP contribution in [0, 0.1) is 5.92 Å². The Kier molecular flexibility index (Phi) is 7.61. The number of amides is 1. The second-order valence-electron chi connectivity index (χ2n) is 11.5. The van der Waals surface area contributed by atoms with E-state index in [0.717, 1.165) is 11.0 Å². The van der Waals surface area contributed by atoms with Gasteiger partial charge in [0.15, 0.2) is 9.84 Å². The zero-order valence-electron chi connectivity index (χ0n) is 22.6. The molecular formula is C28H25ClF7NO6S. The summed E-state index contributed by atoms with van der Waals surface area (Å²) in [5.41, 5.74) is -10.2. The highest BCUT2D eigenvalue weighted by Gasteiger charge is 2.74. The number of aliphatic hydroxyl groups is 1. The van der Waals surface area contributed by atoms with E-state index in [0.29, 0.717) is 6.07 Å². The minimum absolute atomic E-state index is 0.0542. The van der Waals surface area contributed by atoms with Crippen LogP contribution in [-0.2, 0) is 36.3 Å². The fourth-order valence-electron chi connectivity index (χ4n) is 6.88. The molecule has 1 heterocycles. The third-order valence-corrected chi connectivity index (χ3v) is 12.0. The first-order valence-electron chi connectivity index (χ1n) is 13.4. The van der Waals surface area contributed by atoms with Crippen LogP contribution < -0.4 is 0 Å². The number of rotatable bonds is 5. The third kappa shape index (κ3) is 4.60. The Morgan fingerprint density at radius 3 is 2.00 bits per heavy atom. The smallest absolute Gasteiger partial charge is 0.435 e. The molecule has 2 aromatic rings. The molecule has 1 aliphatic heterocycles. The van der Waals surface area contributed by atoms with Gasteiger partial charge < -0.3 is 15.1 Å². The number of aliphatic carboxylic acids is 1. The van der Waals surface area contributed by atoms with Gasteiger partial charge in [-0.05, 0) is 73.9 Å². The number of hydrogen-bond acceptors (Lipinski definition) is 5. The van der Waals surface area contributed by atoms with Crippen LogP contribution in [0.2, 0.25) is 5.02 Å². The molecule has 2 unspecified atom stereocenters. The van der Waals surface area contributed by atoms with Gasteiger partial charge in [-0.15, -0.1) is 0 Å². The Labute approximate surface area is 251 Å². The molecule has 1 saturated carbocycles. The summed E-state index contributed by atoms with van der Waals surface area (Å²) in [5, 5.41) is 20.7. The van der Waals surface area contributed by atoms with Crippen molar-refractivity contribution in [2.45, 2.75) is 77.8 Å². The molecule has 0 spiro atoms. The molecule has 2 aliphatic carbocycles. The lowest BCUT2D eigenvalue weighted by atomic mass is 9.78. The standard InChI is InChI=1S/C28H25ClF7NO6S/c29-18-2-4-19(5-3-18)44(42,43)25-11-12-37(23(40)24(41)9-7-15(8-10-24)22(38)39)21(25)14-16-13-17(1-6-20(16)25)26(30,27(31,32)33)28(34,35)36/h1-6,13,15,21,41H,7-12,14H2,(H,38,39). The van der Waals surface area contributed by atoms with Gasteiger partial charge in [0, 0.05) is 17.1 Å². The van der Waals surface area contributed by atoms with Crippen LogP contribution >= 0.6 is 11.6 Å². The molecule has 2 aromatic carbocycles. The van der Waals surface area contributed by atoms with E-state index >= 15 is 0 Å². The number of carboxylic acids is 1. The minimum atomic E-state index is -6.40. The van der Waals surface area contributed by atoms with Crippen molar-refractivity contribution >= 4 is 33.3 Å². The summed E-state index contributed by atoms with van der Waals surface area (Å²) in [5.74, 6) is -2.86. The molecule has 2 N–H and O–H groups in total. The first-order valence-corrected chi connectivity index (χ1v) is 15.3. The molecule has 0 radical (unpaired) electrons. The fraction of sp³-hybridized carbons (Fsp3) is 0.500. The summed E-state index contributed by atoms with van der Waals surface area (Å²) < 4.78 is 123. The summed E-state index contributed by atoms with van der Waals surface area (Å²) in [7, 11) is -4.56. The van der Waals surface area contributed by atoms with Crippen molar-refractivity contribution in [1.29, 1.82) is 0 Å². The number of sulfone groups is 1. The number of carbonyl (C=O) groups excluding carboxylic acids is 1. The largest absolute Gasteiger partial charge is 0.481 e. The molecule has 2 fully saturated rings. The Balaban J connectivity index is 1.64. The van der Waals surface area contributed by atoms with E-state index in [-0.39, 0.29) is 65.8 Å². The molecule has 44 heavy (non-hydrogen) atoms. The molecule has 5 rings (SSSR count). The summed E-state index contributed by atoms with van der Waals surface area (Å²) in [6.07, 6.45) is -14.3. The van der Waals surface area contributed by atoms with E-state index in [9.17, 15) is 59.0 Å². The van der Waals surface area contributed by atoms with Crippen LogP contribution in [0.15, 0.2) is 47.4 Å². The van der Waals surface area contributed by atoms with Gasteiger partial charge in [-0.1, -0.05) is 29.8 Å². The summed E-state index contributed by atoms with van der Waals surface area (Å²) in [6.45, 7) is -0.250. The molecule has 1 amide bonds. The van der Waals surface area contributed by atoms with Crippen molar-refractivity contribution in [3.8, 4) is 0 Å². The van der Waals surface area contributed by atoms with E-state index in [2.05, 4.69) is 0 Å². The molecule has 7 nitrogen and oxygen atoms in total. The average molecular weight is 672 g/mol. The summed E-state index contributed by atoms with van der Waals surface area (Å²) in [6, 6.07) is 4.80. The molecule has 0 aromatic heterocycles. The highest BCUT2D eigenvalue weighted by Crippen LogP contribution is 2.58. The van der Waals surface area contributed by atoms with Gasteiger partial charge in [-0.3, -0.25) is 9.59 Å². The molecule has 3 aliphatic rings. The van der Waals surface area contributed by atoms with Gasteiger partial charge >= 0.3 is 24.0 Å². The normalized spacial score (nSPS) is 27.6.